The molecule has 396 valence electrons. The van der Waals surface area contributed by atoms with Crippen molar-refractivity contribution in [2.75, 3.05) is 13.2 Å². The van der Waals surface area contributed by atoms with Crippen molar-refractivity contribution in [3.05, 3.63) is 134 Å². The van der Waals surface area contributed by atoms with Gasteiger partial charge in [0.25, 0.3) is 0 Å². The van der Waals surface area contributed by atoms with E-state index in [1.807, 2.05) is 6.08 Å². The highest BCUT2D eigenvalue weighted by Gasteiger charge is 2.44. The van der Waals surface area contributed by atoms with Crippen molar-refractivity contribution < 1.29 is 39.8 Å². The number of nitrogens with one attached hydrogen (secondary N) is 1. The fourth-order valence-corrected chi connectivity index (χ4v) is 7.63. The summed E-state index contributed by atoms with van der Waals surface area (Å²) in [5, 5.41) is 54.3. The molecule has 1 fully saturated rings. The van der Waals surface area contributed by atoms with Gasteiger partial charge in [-0.25, -0.2) is 0 Å². The molecule has 1 heterocycles. The molecular formula is C61H99NO8. The number of allylic oxidation sites excluding steroid dienone is 21. The minimum absolute atomic E-state index is 0.213. The van der Waals surface area contributed by atoms with Gasteiger partial charge in [-0.2, -0.15) is 0 Å². The van der Waals surface area contributed by atoms with Crippen molar-refractivity contribution in [2.24, 2.45) is 0 Å². The molecule has 7 unspecified atom stereocenters. The van der Waals surface area contributed by atoms with Gasteiger partial charge in [-0.1, -0.05) is 212 Å². The third kappa shape index (κ3) is 38.1. The Morgan fingerprint density at radius 1 is 0.500 bits per heavy atom. The monoisotopic (exact) mass is 974 g/mol. The van der Waals surface area contributed by atoms with Crippen LogP contribution >= 0.6 is 0 Å². The topological polar surface area (TPSA) is 149 Å². The van der Waals surface area contributed by atoms with Gasteiger partial charge in [0.1, 0.15) is 24.4 Å². The number of unbranched alkanes of at least 4 members (excludes halogenated alkanes) is 14. The van der Waals surface area contributed by atoms with Gasteiger partial charge in [0.2, 0.25) is 5.91 Å². The lowest BCUT2D eigenvalue weighted by Gasteiger charge is -2.40. The molecule has 7 atom stereocenters. The Morgan fingerprint density at radius 2 is 0.900 bits per heavy atom. The molecule has 0 aromatic carbocycles. The number of hydrogen-bond donors (Lipinski definition) is 6. The molecule has 9 heteroatoms. The number of carbonyl (C=O) groups excluding carboxylic acids is 1. The van der Waals surface area contributed by atoms with Crippen molar-refractivity contribution in [1.29, 1.82) is 0 Å². The second-order valence-corrected chi connectivity index (χ2v) is 18.3. The third-order valence-electron chi connectivity index (χ3n) is 12.0. The minimum atomic E-state index is -1.58. The summed E-state index contributed by atoms with van der Waals surface area (Å²) in [6.07, 6.45) is 67.9. The predicted molar refractivity (Wildman–Crippen MR) is 294 cm³/mol. The van der Waals surface area contributed by atoms with Gasteiger partial charge in [0.15, 0.2) is 6.29 Å². The number of carbonyl (C=O) groups is 1. The molecule has 1 amide bonds. The summed E-state index contributed by atoms with van der Waals surface area (Å²) in [6.45, 7) is 3.60. The molecule has 9 nitrogen and oxygen atoms in total. The van der Waals surface area contributed by atoms with Crippen LogP contribution in [0, 0.1) is 0 Å². The van der Waals surface area contributed by atoms with E-state index in [0.29, 0.717) is 6.42 Å². The number of ether oxygens (including phenoxy) is 2. The van der Waals surface area contributed by atoms with E-state index in [9.17, 15) is 30.3 Å². The Bertz CT molecular complexity index is 1550. The summed E-state index contributed by atoms with van der Waals surface area (Å²) >= 11 is 0. The van der Waals surface area contributed by atoms with E-state index in [1.165, 1.54) is 51.4 Å². The van der Waals surface area contributed by atoms with Crippen LogP contribution in [0.5, 0.6) is 0 Å². The molecule has 1 aliphatic rings. The zero-order valence-electron chi connectivity index (χ0n) is 43.7. The zero-order valence-corrected chi connectivity index (χ0v) is 43.7. The van der Waals surface area contributed by atoms with Crippen molar-refractivity contribution in [1.82, 2.24) is 5.32 Å². The Hall–Kier alpha value is -3.67. The molecular weight excluding hydrogens is 875 g/mol. The number of amides is 1. The van der Waals surface area contributed by atoms with Gasteiger partial charge in [-0.3, -0.25) is 4.79 Å². The highest BCUT2D eigenvalue weighted by molar-refractivity contribution is 5.76. The van der Waals surface area contributed by atoms with Crippen LogP contribution < -0.4 is 5.32 Å². The third-order valence-corrected chi connectivity index (χ3v) is 12.0. The molecule has 0 bridgehead atoms. The van der Waals surface area contributed by atoms with Gasteiger partial charge >= 0.3 is 0 Å². The smallest absolute Gasteiger partial charge is 0.220 e. The van der Waals surface area contributed by atoms with Crippen LogP contribution in [0.3, 0.4) is 0 Å². The minimum Gasteiger partial charge on any atom is -0.394 e. The molecule has 0 aromatic heterocycles. The molecule has 0 saturated carbocycles. The van der Waals surface area contributed by atoms with E-state index in [-0.39, 0.29) is 12.5 Å². The summed E-state index contributed by atoms with van der Waals surface area (Å²) in [5.41, 5.74) is 0. The highest BCUT2D eigenvalue weighted by atomic mass is 16.7. The van der Waals surface area contributed by atoms with Crippen molar-refractivity contribution in [3.63, 3.8) is 0 Å². The van der Waals surface area contributed by atoms with Crippen molar-refractivity contribution in [3.8, 4) is 0 Å². The first-order valence-electron chi connectivity index (χ1n) is 27.4. The quantitative estimate of drug-likeness (QED) is 0.0261. The standard InChI is InChI=1S/C61H99NO8/c1-3-5-7-9-11-13-15-17-19-20-21-22-23-24-25-26-27-28-29-30-31-32-33-34-35-36-37-39-41-43-45-47-49-51-57(65)62-54(53-69-61-60(68)59(67)58(66)56(52-63)70-61)55(64)50-48-46-44-42-40-38-18-16-14-12-10-8-6-4-2/h5,7,11,13,17,19,21-22,24-25,27-28,30-31,33-34,36-37,40,42,48,50,54-56,58-61,63-64,66-68H,3-4,6,8-10,12,14-16,18,20,23,26,29,32,35,38-39,41,43-47,49,51-53H2,1-2H3,(H,62,65)/b7-5-,13-11-,19-17-,22-21-,25-24-,28-27-,31-30-,34-33-,37-36-,42-40+,50-48+. The SMILES string of the molecule is CC/C=C\C/C=C\C/C=C\C/C=C\C/C=C\C/C=C\C/C=C\C/C=C\C/C=C\CCCCCCCC(=O)NC(COC1OC(CO)C(O)C(O)C1O)C(O)/C=C/CC/C=C/CCCCCCCCCC. The average Bonchev–Trinajstić information content (AvgIpc) is 3.36. The maximum Gasteiger partial charge on any atom is 0.220 e. The molecule has 0 spiro atoms. The van der Waals surface area contributed by atoms with Crippen LogP contribution in [0.4, 0.5) is 0 Å². The first-order valence-corrected chi connectivity index (χ1v) is 27.4. The van der Waals surface area contributed by atoms with Crippen LogP contribution in [0.15, 0.2) is 134 Å². The van der Waals surface area contributed by atoms with E-state index >= 15 is 0 Å². The number of rotatable bonds is 44. The fourth-order valence-electron chi connectivity index (χ4n) is 7.63. The van der Waals surface area contributed by atoms with Crippen LogP contribution in [0.1, 0.15) is 187 Å². The highest BCUT2D eigenvalue weighted by Crippen LogP contribution is 2.22. The molecule has 0 radical (unpaired) electrons. The molecule has 0 aromatic rings. The molecule has 0 aliphatic carbocycles. The summed E-state index contributed by atoms with van der Waals surface area (Å²) in [7, 11) is 0. The van der Waals surface area contributed by atoms with E-state index < -0.39 is 49.5 Å². The maximum absolute atomic E-state index is 13.0. The van der Waals surface area contributed by atoms with E-state index in [4.69, 9.17) is 9.47 Å². The molecule has 70 heavy (non-hydrogen) atoms. The zero-order chi connectivity index (χ0) is 50.8. The van der Waals surface area contributed by atoms with E-state index in [1.54, 1.807) is 6.08 Å². The Kier molecular flexibility index (Phi) is 45.0. The second kappa shape index (κ2) is 48.9. The van der Waals surface area contributed by atoms with Crippen LogP contribution in [-0.4, -0.2) is 87.5 Å². The average molecular weight is 974 g/mol. The van der Waals surface area contributed by atoms with E-state index in [2.05, 4.69) is 141 Å². The first kappa shape index (κ1) is 64.3. The van der Waals surface area contributed by atoms with Crippen LogP contribution in [-0.2, 0) is 14.3 Å². The summed E-state index contributed by atoms with van der Waals surface area (Å²) in [5.74, 6) is -0.213. The molecule has 1 rings (SSSR count). The van der Waals surface area contributed by atoms with Gasteiger partial charge in [-0.15, -0.1) is 0 Å². The lowest BCUT2D eigenvalue weighted by atomic mass is 9.99. The van der Waals surface area contributed by atoms with Gasteiger partial charge in [-0.05, 0) is 103 Å². The largest absolute Gasteiger partial charge is 0.394 e. The van der Waals surface area contributed by atoms with Gasteiger partial charge < -0.3 is 40.3 Å². The van der Waals surface area contributed by atoms with Crippen molar-refractivity contribution >= 4 is 5.91 Å². The summed E-state index contributed by atoms with van der Waals surface area (Å²) in [6, 6.07) is -0.842. The predicted octanol–water partition coefficient (Wildman–Crippen LogP) is 13.3. The summed E-state index contributed by atoms with van der Waals surface area (Å²) in [4.78, 5) is 13.0. The molecule has 1 saturated heterocycles. The number of aliphatic hydroxyl groups excluding tert-OH is 5. The maximum atomic E-state index is 13.0. The molecule has 6 N–H and O–H groups in total. The second-order valence-electron chi connectivity index (χ2n) is 18.3. The number of aliphatic hydroxyl groups is 5. The lowest BCUT2D eigenvalue weighted by molar-refractivity contribution is -0.302. The Morgan fingerprint density at radius 3 is 1.37 bits per heavy atom. The Labute approximate surface area is 426 Å². The van der Waals surface area contributed by atoms with Crippen LogP contribution in [0.25, 0.3) is 0 Å². The van der Waals surface area contributed by atoms with E-state index in [0.717, 1.165) is 116 Å². The Balaban J connectivity index is 2.27. The molecule has 1 aliphatic heterocycles. The van der Waals surface area contributed by atoms with Crippen LogP contribution in [0.2, 0.25) is 0 Å². The van der Waals surface area contributed by atoms with Gasteiger partial charge in [0, 0.05) is 6.42 Å². The lowest BCUT2D eigenvalue weighted by Crippen LogP contribution is -2.60. The van der Waals surface area contributed by atoms with Gasteiger partial charge in [0.05, 0.1) is 25.4 Å². The first-order chi connectivity index (χ1) is 34.3. The fraction of sp³-hybridized carbons (Fsp3) is 0.623. The summed E-state index contributed by atoms with van der Waals surface area (Å²) < 4.78 is 11.2. The number of hydrogen-bond acceptors (Lipinski definition) is 8. The normalized spacial score (nSPS) is 20.5. The van der Waals surface area contributed by atoms with Crippen molar-refractivity contribution in [2.45, 2.75) is 230 Å².